The molecule has 98 valence electrons. The van der Waals surface area contributed by atoms with Crippen LogP contribution in [0.25, 0.3) is 0 Å². The number of carbonyl (C=O) groups excluding carboxylic acids is 1. The van der Waals surface area contributed by atoms with Gasteiger partial charge in [0.2, 0.25) is 0 Å². The number of benzene rings is 1. The largest absolute Gasteiger partial charge is 0.396 e. The number of pyridine rings is 1. The molecule has 0 radical (unpaired) electrons. The summed E-state index contributed by atoms with van der Waals surface area (Å²) in [6.45, 7) is 0.108. The minimum Gasteiger partial charge on any atom is -0.396 e. The first-order valence-corrected chi connectivity index (χ1v) is 6.19. The van der Waals surface area contributed by atoms with Crippen LogP contribution < -0.4 is 5.32 Å². The predicted octanol–water partition coefficient (Wildman–Crippen LogP) is 2.52. The van der Waals surface area contributed by atoms with Gasteiger partial charge >= 0.3 is 0 Å². The number of hydrogen-bond donors (Lipinski definition) is 2. The Morgan fingerprint density at radius 3 is 2.63 bits per heavy atom. The molecule has 0 atom stereocenters. The Labute approximate surface area is 116 Å². The van der Waals surface area contributed by atoms with Crippen LogP contribution in [0.4, 0.5) is 5.69 Å². The third-order valence-electron chi connectivity index (χ3n) is 2.62. The lowest BCUT2D eigenvalue weighted by atomic mass is 10.1. The molecule has 2 N–H and O–H groups in total. The molecule has 1 heterocycles. The molecule has 2 aromatic rings. The van der Waals surface area contributed by atoms with E-state index in [1.807, 2.05) is 12.1 Å². The van der Waals surface area contributed by atoms with Gasteiger partial charge in [0.25, 0.3) is 5.91 Å². The molecule has 0 saturated heterocycles. The van der Waals surface area contributed by atoms with E-state index in [0.29, 0.717) is 22.7 Å². The molecule has 19 heavy (non-hydrogen) atoms. The Kier molecular flexibility index (Phi) is 4.49. The van der Waals surface area contributed by atoms with E-state index in [0.717, 1.165) is 5.56 Å². The van der Waals surface area contributed by atoms with Crippen LogP contribution in [-0.2, 0) is 6.42 Å². The van der Waals surface area contributed by atoms with Gasteiger partial charge in [0.15, 0.2) is 0 Å². The summed E-state index contributed by atoms with van der Waals surface area (Å²) in [7, 11) is 0. The Hall–Kier alpha value is -1.91. The average Bonchev–Trinajstić information content (AvgIpc) is 2.42. The first kappa shape index (κ1) is 13.5. The zero-order chi connectivity index (χ0) is 13.7. The van der Waals surface area contributed by atoms with Crippen molar-refractivity contribution >= 4 is 23.2 Å². The Balaban J connectivity index is 2.09. The van der Waals surface area contributed by atoms with E-state index in [9.17, 15) is 4.79 Å². The van der Waals surface area contributed by atoms with Crippen molar-refractivity contribution in [1.29, 1.82) is 0 Å². The standard InChI is InChI=1S/C14H13ClN2O2/c15-13-5-7-16-9-12(13)14(19)17-11-3-1-10(2-4-11)6-8-18/h1-5,7,9,18H,6,8H2,(H,17,19). The fraction of sp³-hybridized carbons (Fsp3) is 0.143. The molecule has 0 spiro atoms. The molecule has 1 aromatic heterocycles. The zero-order valence-corrected chi connectivity index (χ0v) is 10.9. The number of aliphatic hydroxyl groups is 1. The van der Waals surface area contributed by atoms with Gasteiger partial charge in [-0.15, -0.1) is 0 Å². The quantitative estimate of drug-likeness (QED) is 0.902. The van der Waals surface area contributed by atoms with Gasteiger partial charge in [-0.2, -0.15) is 0 Å². The fourth-order valence-corrected chi connectivity index (χ4v) is 1.82. The van der Waals surface area contributed by atoms with E-state index in [4.69, 9.17) is 16.7 Å². The number of carbonyl (C=O) groups is 1. The van der Waals surface area contributed by atoms with E-state index in [-0.39, 0.29) is 12.5 Å². The number of aromatic nitrogens is 1. The topological polar surface area (TPSA) is 62.2 Å². The lowest BCUT2D eigenvalue weighted by Gasteiger charge is -2.07. The van der Waals surface area contributed by atoms with Gasteiger partial charge < -0.3 is 10.4 Å². The summed E-state index contributed by atoms with van der Waals surface area (Å²) in [5.41, 5.74) is 2.02. The molecule has 0 bridgehead atoms. The highest BCUT2D eigenvalue weighted by Gasteiger charge is 2.10. The molecule has 5 heteroatoms. The van der Waals surface area contributed by atoms with Crippen molar-refractivity contribution in [1.82, 2.24) is 4.98 Å². The Morgan fingerprint density at radius 1 is 1.26 bits per heavy atom. The number of rotatable bonds is 4. The third-order valence-corrected chi connectivity index (χ3v) is 2.95. The third kappa shape index (κ3) is 3.53. The van der Waals surface area contributed by atoms with Crippen LogP contribution >= 0.6 is 11.6 Å². The maximum atomic E-state index is 12.0. The minimum absolute atomic E-state index is 0.108. The fourth-order valence-electron chi connectivity index (χ4n) is 1.63. The Bertz CT molecular complexity index is 570. The van der Waals surface area contributed by atoms with Gasteiger partial charge in [-0.3, -0.25) is 9.78 Å². The van der Waals surface area contributed by atoms with Crippen molar-refractivity contribution in [2.45, 2.75) is 6.42 Å². The second-order valence-electron chi connectivity index (χ2n) is 3.98. The molecule has 0 aliphatic carbocycles. The summed E-state index contributed by atoms with van der Waals surface area (Å²) in [6.07, 6.45) is 3.56. The molecule has 2 rings (SSSR count). The van der Waals surface area contributed by atoms with Gasteiger partial charge in [0.1, 0.15) is 0 Å². The van der Waals surface area contributed by atoms with E-state index >= 15 is 0 Å². The summed E-state index contributed by atoms with van der Waals surface area (Å²) in [6, 6.07) is 8.86. The smallest absolute Gasteiger partial charge is 0.258 e. The van der Waals surface area contributed by atoms with Crippen molar-refractivity contribution in [2.75, 3.05) is 11.9 Å². The highest BCUT2D eigenvalue weighted by molar-refractivity contribution is 6.34. The minimum atomic E-state index is -0.298. The van der Waals surface area contributed by atoms with Crippen LogP contribution in [-0.4, -0.2) is 22.6 Å². The number of anilines is 1. The summed E-state index contributed by atoms with van der Waals surface area (Å²) >= 11 is 5.92. The van der Waals surface area contributed by atoms with Crippen molar-refractivity contribution in [3.05, 3.63) is 58.9 Å². The first-order chi connectivity index (χ1) is 9.20. The summed E-state index contributed by atoms with van der Waals surface area (Å²) in [4.78, 5) is 15.8. The average molecular weight is 277 g/mol. The molecular formula is C14H13ClN2O2. The van der Waals surface area contributed by atoms with Crippen LogP contribution in [0.1, 0.15) is 15.9 Å². The molecule has 0 unspecified atom stereocenters. The monoisotopic (exact) mass is 276 g/mol. The number of hydrogen-bond acceptors (Lipinski definition) is 3. The molecule has 0 saturated carbocycles. The van der Waals surface area contributed by atoms with Gasteiger partial charge in [-0.1, -0.05) is 23.7 Å². The van der Waals surface area contributed by atoms with Crippen molar-refractivity contribution in [3.63, 3.8) is 0 Å². The maximum Gasteiger partial charge on any atom is 0.258 e. The van der Waals surface area contributed by atoms with Crippen LogP contribution in [0.15, 0.2) is 42.7 Å². The normalized spacial score (nSPS) is 10.2. The highest BCUT2D eigenvalue weighted by atomic mass is 35.5. The number of amides is 1. The molecule has 0 aliphatic heterocycles. The van der Waals surface area contributed by atoms with E-state index in [2.05, 4.69) is 10.3 Å². The lowest BCUT2D eigenvalue weighted by molar-refractivity contribution is 0.102. The highest BCUT2D eigenvalue weighted by Crippen LogP contribution is 2.16. The van der Waals surface area contributed by atoms with E-state index in [1.54, 1.807) is 18.2 Å². The van der Waals surface area contributed by atoms with Crippen molar-refractivity contribution in [2.24, 2.45) is 0 Å². The SMILES string of the molecule is O=C(Nc1ccc(CCO)cc1)c1cnccc1Cl. The number of halogens is 1. The van der Waals surface area contributed by atoms with Crippen molar-refractivity contribution < 1.29 is 9.90 Å². The van der Waals surface area contributed by atoms with E-state index < -0.39 is 0 Å². The van der Waals surface area contributed by atoms with Gasteiger partial charge in [-0.05, 0) is 30.2 Å². The molecule has 1 aromatic carbocycles. The molecule has 0 aliphatic rings. The Morgan fingerprint density at radius 2 is 2.00 bits per heavy atom. The molecular weight excluding hydrogens is 264 g/mol. The molecule has 1 amide bonds. The van der Waals surface area contributed by atoms with Crippen molar-refractivity contribution in [3.8, 4) is 0 Å². The van der Waals surface area contributed by atoms with Crippen LogP contribution in [0.3, 0.4) is 0 Å². The van der Waals surface area contributed by atoms with E-state index in [1.165, 1.54) is 12.4 Å². The summed E-state index contributed by atoms with van der Waals surface area (Å²) < 4.78 is 0. The van der Waals surface area contributed by atoms with Crippen LogP contribution in [0, 0.1) is 0 Å². The van der Waals surface area contributed by atoms with Crippen LogP contribution in [0.5, 0.6) is 0 Å². The predicted molar refractivity (Wildman–Crippen MR) is 74.4 cm³/mol. The summed E-state index contributed by atoms with van der Waals surface area (Å²) in [5.74, 6) is -0.298. The second kappa shape index (κ2) is 6.31. The number of nitrogens with one attached hydrogen (secondary N) is 1. The van der Waals surface area contributed by atoms with Crippen LogP contribution in [0.2, 0.25) is 5.02 Å². The maximum absolute atomic E-state index is 12.0. The van der Waals surface area contributed by atoms with Gasteiger partial charge in [0, 0.05) is 24.7 Å². The van der Waals surface area contributed by atoms with Gasteiger partial charge in [-0.25, -0.2) is 0 Å². The number of aliphatic hydroxyl groups excluding tert-OH is 1. The summed E-state index contributed by atoms with van der Waals surface area (Å²) in [5, 5.41) is 11.9. The molecule has 0 fully saturated rings. The lowest BCUT2D eigenvalue weighted by Crippen LogP contribution is -2.12. The zero-order valence-electron chi connectivity index (χ0n) is 10.1. The number of nitrogens with zero attached hydrogens (tertiary/aromatic N) is 1. The molecule has 4 nitrogen and oxygen atoms in total. The second-order valence-corrected chi connectivity index (χ2v) is 4.39. The first-order valence-electron chi connectivity index (χ1n) is 5.81. The van der Waals surface area contributed by atoms with Gasteiger partial charge in [0.05, 0.1) is 10.6 Å².